The van der Waals surface area contributed by atoms with Crippen LogP contribution in [-0.4, -0.2) is 15.0 Å². The van der Waals surface area contributed by atoms with Crippen molar-refractivity contribution in [3.8, 4) is 0 Å². The molecule has 2 heterocycles. The topological polar surface area (TPSA) is 53.6 Å². The van der Waals surface area contributed by atoms with Crippen LogP contribution in [0.5, 0.6) is 0 Å². The molecule has 21 heavy (non-hydrogen) atoms. The highest BCUT2D eigenvalue weighted by molar-refractivity contribution is 9.10. The van der Waals surface area contributed by atoms with Crippen LogP contribution in [-0.2, 0) is 0 Å². The van der Waals surface area contributed by atoms with Gasteiger partial charge in [-0.15, -0.1) is 0 Å². The van der Waals surface area contributed by atoms with E-state index in [1.165, 1.54) is 5.56 Å². The van der Waals surface area contributed by atoms with Crippen LogP contribution >= 0.6 is 15.9 Å². The molecule has 1 atom stereocenters. The van der Waals surface area contributed by atoms with Gasteiger partial charge in [0, 0.05) is 40.5 Å². The molecule has 1 aromatic carbocycles. The monoisotopic (exact) mass is 342 g/mol. The zero-order valence-electron chi connectivity index (χ0n) is 11.5. The normalized spacial score (nSPS) is 12.1. The third kappa shape index (κ3) is 3.31. The Labute approximate surface area is 131 Å². The van der Waals surface area contributed by atoms with Gasteiger partial charge in [0.25, 0.3) is 0 Å². The van der Waals surface area contributed by atoms with Crippen molar-refractivity contribution in [3.63, 3.8) is 0 Å². The molecule has 3 aromatic rings. The number of H-pyrrole nitrogens is 1. The fourth-order valence-corrected chi connectivity index (χ4v) is 2.89. The number of aromatic amines is 1. The molecule has 0 bridgehead atoms. The van der Waals surface area contributed by atoms with Gasteiger partial charge in [0.2, 0.25) is 0 Å². The van der Waals surface area contributed by atoms with Gasteiger partial charge in [-0.3, -0.25) is 4.98 Å². The minimum absolute atomic E-state index is 0.0672. The summed E-state index contributed by atoms with van der Waals surface area (Å²) in [5.41, 5.74) is 3.29. The average Bonchev–Trinajstić information content (AvgIpc) is 2.98. The van der Waals surface area contributed by atoms with E-state index in [-0.39, 0.29) is 6.04 Å². The van der Waals surface area contributed by atoms with E-state index in [1.807, 2.05) is 24.5 Å². The third-order valence-electron chi connectivity index (χ3n) is 3.16. The van der Waals surface area contributed by atoms with Crippen LogP contribution in [0.2, 0.25) is 0 Å². The first-order chi connectivity index (χ1) is 10.2. The molecule has 0 saturated carbocycles. The largest absolute Gasteiger partial charge is 0.371 e. The lowest BCUT2D eigenvalue weighted by Crippen LogP contribution is -2.14. The smallest absolute Gasteiger partial charge is 0.133 e. The van der Waals surface area contributed by atoms with Crippen molar-refractivity contribution in [2.24, 2.45) is 0 Å². The zero-order chi connectivity index (χ0) is 14.7. The SMILES string of the molecule is Cc1cc(Br)cc(N[C@H](c2cccnc2)c2ncc[nH]2)c1. The molecule has 106 valence electrons. The van der Waals surface area contributed by atoms with Crippen LogP contribution in [0.25, 0.3) is 0 Å². The summed E-state index contributed by atoms with van der Waals surface area (Å²) in [5, 5.41) is 3.52. The molecule has 0 spiro atoms. The molecule has 0 unspecified atom stereocenters. The van der Waals surface area contributed by atoms with Gasteiger partial charge >= 0.3 is 0 Å². The van der Waals surface area contributed by atoms with Crippen LogP contribution in [0.3, 0.4) is 0 Å². The number of aryl methyl sites for hydroxylation is 1. The number of hydrogen-bond acceptors (Lipinski definition) is 3. The van der Waals surface area contributed by atoms with Crippen LogP contribution in [0, 0.1) is 6.92 Å². The maximum atomic E-state index is 4.38. The molecule has 0 aliphatic carbocycles. The second-order valence-corrected chi connectivity index (χ2v) is 5.77. The minimum atomic E-state index is -0.0672. The van der Waals surface area contributed by atoms with Crippen molar-refractivity contribution in [1.29, 1.82) is 0 Å². The van der Waals surface area contributed by atoms with Crippen molar-refractivity contribution in [2.75, 3.05) is 5.32 Å². The second kappa shape index (κ2) is 6.10. The van der Waals surface area contributed by atoms with E-state index in [1.54, 1.807) is 12.4 Å². The molecule has 0 radical (unpaired) electrons. The summed E-state index contributed by atoms with van der Waals surface area (Å²) in [6.07, 6.45) is 7.20. The number of anilines is 1. The Balaban J connectivity index is 1.97. The first-order valence-electron chi connectivity index (χ1n) is 6.65. The standard InChI is InChI=1S/C16H15BrN4/c1-11-7-13(17)9-14(8-11)21-15(16-19-5-6-20-16)12-3-2-4-18-10-12/h2-10,15,21H,1H3,(H,19,20)/t15-/m1/s1. The maximum Gasteiger partial charge on any atom is 0.133 e. The Morgan fingerprint density at radius 1 is 1.24 bits per heavy atom. The molecule has 3 rings (SSSR count). The highest BCUT2D eigenvalue weighted by Gasteiger charge is 2.16. The summed E-state index contributed by atoms with van der Waals surface area (Å²) >= 11 is 3.53. The molecule has 0 amide bonds. The van der Waals surface area contributed by atoms with Crippen molar-refractivity contribution in [1.82, 2.24) is 15.0 Å². The van der Waals surface area contributed by atoms with Crippen LogP contribution in [0.15, 0.2) is 59.6 Å². The highest BCUT2D eigenvalue weighted by Crippen LogP contribution is 2.26. The third-order valence-corrected chi connectivity index (χ3v) is 3.62. The van der Waals surface area contributed by atoms with Crippen molar-refractivity contribution in [2.45, 2.75) is 13.0 Å². The van der Waals surface area contributed by atoms with E-state index >= 15 is 0 Å². The number of rotatable bonds is 4. The fourth-order valence-electron chi connectivity index (χ4n) is 2.28. The average molecular weight is 343 g/mol. The quantitative estimate of drug-likeness (QED) is 0.751. The number of imidazole rings is 1. The van der Waals surface area contributed by atoms with E-state index in [0.717, 1.165) is 21.5 Å². The van der Waals surface area contributed by atoms with Crippen LogP contribution in [0.4, 0.5) is 5.69 Å². The number of nitrogens with one attached hydrogen (secondary N) is 2. The molecule has 0 aliphatic heterocycles. The summed E-state index contributed by atoms with van der Waals surface area (Å²) < 4.78 is 1.05. The number of benzene rings is 1. The molecule has 2 aromatic heterocycles. The van der Waals surface area contributed by atoms with Gasteiger partial charge in [0.1, 0.15) is 11.9 Å². The van der Waals surface area contributed by atoms with E-state index in [4.69, 9.17) is 0 Å². The van der Waals surface area contributed by atoms with E-state index in [9.17, 15) is 0 Å². The van der Waals surface area contributed by atoms with Gasteiger partial charge in [-0.05, 0) is 36.8 Å². The summed E-state index contributed by atoms with van der Waals surface area (Å²) in [7, 11) is 0. The summed E-state index contributed by atoms with van der Waals surface area (Å²) in [6, 6.07) is 10.1. The number of hydrogen-bond donors (Lipinski definition) is 2. The molecule has 5 heteroatoms. The number of nitrogens with zero attached hydrogens (tertiary/aromatic N) is 2. The van der Waals surface area contributed by atoms with Crippen molar-refractivity contribution in [3.05, 3.63) is 76.5 Å². The Morgan fingerprint density at radius 3 is 2.81 bits per heavy atom. The first-order valence-corrected chi connectivity index (χ1v) is 7.44. The summed E-state index contributed by atoms with van der Waals surface area (Å²) in [5.74, 6) is 0.862. The van der Waals surface area contributed by atoms with E-state index < -0.39 is 0 Å². The predicted octanol–water partition coefficient (Wildman–Crippen LogP) is 4.08. The maximum absolute atomic E-state index is 4.38. The summed E-state index contributed by atoms with van der Waals surface area (Å²) in [4.78, 5) is 11.7. The van der Waals surface area contributed by atoms with Gasteiger partial charge in [-0.2, -0.15) is 0 Å². The van der Waals surface area contributed by atoms with Gasteiger partial charge in [0.15, 0.2) is 0 Å². The Kier molecular flexibility index (Phi) is 4.01. The molecule has 0 saturated heterocycles. The lowest BCUT2D eigenvalue weighted by atomic mass is 10.1. The van der Waals surface area contributed by atoms with Crippen molar-refractivity contribution >= 4 is 21.6 Å². The molecular formula is C16H15BrN4. The van der Waals surface area contributed by atoms with E-state index in [0.29, 0.717) is 0 Å². The lowest BCUT2D eigenvalue weighted by molar-refractivity contribution is 0.848. The molecular weight excluding hydrogens is 328 g/mol. The van der Waals surface area contributed by atoms with Gasteiger partial charge in [-0.25, -0.2) is 4.98 Å². The molecule has 2 N–H and O–H groups in total. The highest BCUT2D eigenvalue weighted by atomic mass is 79.9. The number of halogens is 1. The van der Waals surface area contributed by atoms with Gasteiger partial charge in [-0.1, -0.05) is 22.0 Å². The molecule has 0 aliphatic rings. The molecule has 4 nitrogen and oxygen atoms in total. The minimum Gasteiger partial charge on any atom is -0.371 e. The predicted molar refractivity (Wildman–Crippen MR) is 87.2 cm³/mol. The van der Waals surface area contributed by atoms with Crippen LogP contribution < -0.4 is 5.32 Å². The van der Waals surface area contributed by atoms with Gasteiger partial charge < -0.3 is 10.3 Å². The lowest BCUT2D eigenvalue weighted by Gasteiger charge is -2.18. The first kappa shape index (κ1) is 13.8. The Morgan fingerprint density at radius 2 is 2.14 bits per heavy atom. The van der Waals surface area contributed by atoms with Gasteiger partial charge in [0.05, 0.1) is 0 Å². The second-order valence-electron chi connectivity index (χ2n) is 4.86. The summed E-state index contributed by atoms with van der Waals surface area (Å²) in [6.45, 7) is 2.07. The molecule has 0 fully saturated rings. The number of pyridine rings is 1. The Bertz CT molecular complexity index is 690. The van der Waals surface area contributed by atoms with Crippen LogP contribution in [0.1, 0.15) is 23.0 Å². The zero-order valence-corrected chi connectivity index (χ0v) is 13.1. The van der Waals surface area contributed by atoms with Crippen molar-refractivity contribution < 1.29 is 0 Å². The number of aromatic nitrogens is 3. The Hall–Kier alpha value is -2.14. The fraction of sp³-hybridized carbons (Fsp3) is 0.125. The van der Waals surface area contributed by atoms with E-state index in [2.05, 4.69) is 61.3 Å².